The van der Waals surface area contributed by atoms with Gasteiger partial charge in [-0.25, -0.2) is 14.4 Å². The van der Waals surface area contributed by atoms with Crippen molar-refractivity contribution in [2.24, 2.45) is 41.4 Å². The van der Waals surface area contributed by atoms with Gasteiger partial charge in [0.15, 0.2) is 12.6 Å². The van der Waals surface area contributed by atoms with E-state index in [9.17, 15) is 64.8 Å². The van der Waals surface area contributed by atoms with Gasteiger partial charge in [-0.15, -0.1) is 13.2 Å². The molecule has 0 unspecified atom stereocenters. The maximum Gasteiger partial charge on any atom is 0.337 e. The van der Waals surface area contributed by atoms with E-state index in [2.05, 4.69) is 13.2 Å². The Morgan fingerprint density at radius 2 is 0.986 bits per heavy atom. The molecule has 70 heavy (non-hydrogen) atoms. The number of aliphatic hydroxyl groups is 8. The minimum atomic E-state index is -1.82. The number of esters is 5. The fraction of sp³-hybridized carbons (Fsp3) is 0.667. The van der Waals surface area contributed by atoms with Crippen molar-refractivity contribution in [3.05, 3.63) is 60.8 Å². The lowest BCUT2D eigenvalue weighted by molar-refractivity contribution is -0.339. The Bertz CT molecular complexity index is 2020. The lowest BCUT2D eigenvalue weighted by atomic mass is 9.81. The van der Waals surface area contributed by atoms with Crippen LogP contribution in [0.15, 0.2) is 60.8 Å². The molecule has 0 aromatic heterocycles. The first-order chi connectivity index (χ1) is 33.4. The van der Waals surface area contributed by atoms with Gasteiger partial charge >= 0.3 is 29.8 Å². The second-order valence-electron chi connectivity index (χ2n) is 17.4. The van der Waals surface area contributed by atoms with Crippen molar-refractivity contribution in [2.75, 3.05) is 34.5 Å². The third kappa shape index (κ3) is 11.0. The van der Waals surface area contributed by atoms with Gasteiger partial charge in [0.05, 0.1) is 82.9 Å². The lowest BCUT2D eigenvalue weighted by Gasteiger charge is -2.43. The molecule has 5 heterocycles. The predicted molar refractivity (Wildman–Crippen MR) is 225 cm³/mol. The number of fused-ring (bicyclic) bond motifs is 1. The van der Waals surface area contributed by atoms with Gasteiger partial charge in [-0.1, -0.05) is 19.1 Å². The van der Waals surface area contributed by atoms with Gasteiger partial charge in [0.1, 0.15) is 54.9 Å². The van der Waals surface area contributed by atoms with Crippen molar-refractivity contribution >= 4 is 29.8 Å². The molecule has 0 bridgehead atoms. The maximum absolute atomic E-state index is 14.0. The zero-order valence-electron chi connectivity index (χ0n) is 38.5. The SMILES string of the molecule is C=C[C@H]1[C@H](O[C@@H]2O[C@H](CO)[C@@H](O)[C@H](O)[C@H]2O)OC=C(C(=O)OC)[C@H]1CC(=O)O[C@@H]1OC=C(C(=O)OC)[C@H]2C[C@H](OC(=O)C[C@@H]3C(C(=O)OC)=CO[C@@H](O[C@@H]4O[C@H](CO)[C@@H](O)[C@H](O)[C@H]4O)[C@@H]3C=C)[C@H](C)[C@@H]12. The lowest BCUT2D eigenvalue weighted by Crippen LogP contribution is -2.60. The fourth-order valence-corrected chi connectivity index (χ4v) is 9.64. The first kappa shape index (κ1) is 54.3. The van der Waals surface area contributed by atoms with Crippen LogP contribution in [0, 0.1) is 41.4 Å². The van der Waals surface area contributed by atoms with E-state index in [1.54, 1.807) is 6.92 Å². The van der Waals surface area contributed by atoms with Crippen LogP contribution in [0.1, 0.15) is 26.2 Å². The van der Waals surface area contributed by atoms with Gasteiger partial charge in [0, 0.05) is 41.4 Å². The number of ether oxygens (including phenoxy) is 12. The summed E-state index contributed by atoms with van der Waals surface area (Å²) in [6.45, 7) is 7.78. The molecule has 1 aliphatic carbocycles. The first-order valence-corrected chi connectivity index (χ1v) is 22.3. The minimum absolute atomic E-state index is 0.00181. The number of hydrogen-bond acceptors (Lipinski definition) is 25. The molecule has 25 nitrogen and oxygen atoms in total. The number of aliphatic hydroxyl groups excluding tert-OH is 8. The standard InChI is InChI=1S/C45H60O25/c1-7-18-20(23(38(56)59-4)14-62-41(18)69-44-36(54)34(52)32(50)27(12-46)66-44)10-29(48)65-26-9-22-25(40(58)61-6)16-64-43(31(22)17(26)3)68-30(49)11-21-19(8-2)42(63-15-24(21)39(57)60-5)70-45-37(55)35(53)33(51)28(13-47)67-45/h7-8,14-22,26-28,31-37,41-47,50-55H,1-2,9-13H2,3-6H3/t17-,18+,19+,20-,21-,22+,26-,27+,28+,31+,32+,33+,34-,35-,36+,37+,41-,42-,43-,44-,45-/m0/s1. The molecule has 0 radical (unpaired) electrons. The summed E-state index contributed by atoms with van der Waals surface area (Å²) in [7, 11) is 3.35. The highest BCUT2D eigenvalue weighted by Crippen LogP contribution is 2.49. The quantitative estimate of drug-likeness (QED) is 0.0415. The molecule has 2 saturated heterocycles. The largest absolute Gasteiger partial charge is 0.471 e. The summed E-state index contributed by atoms with van der Waals surface area (Å²) in [6, 6.07) is 0. The van der Waals surface area contributed by atoms with Crippen molar-refractivity contribution in [1.29, 1.82) is 0 Å². The van der Waals surface area contributed by atoms with Gasteiger partial charge in [0.2, 0.25) is 18.9 Å². The summed E-state index contributed by atoms with van der Waals surface area (Å²) >= 11 is 0. The topological polar surface area (TPSA) is 358 Å². The monoisotopic (exact) mass is 1000 g/mol. The summed E-state index contributed by atoms with van der Waals surface area (Å²) in [6.07, 6.45) is -17.2. The molecule has 5 aliphatic heterocycles. The fourth-order valence-electron chi connectivity index (χ4n) is 9.64. The van der Waals surface area contributed by atoms with Crippen LogP contribution in [0.2, 0.25) is 0 Å². The van der Waals surface area contributed by atoms with Crippen LogP contribution < -0.4 is 0 Å². The highest BCUT2D eigenvalue weighted by atomic mass is 16.8. The van der Waals surface area contributed by atoms with E-state index in [4.69, 9.17) is 56.8 Å². The van der Waals surface area contributed by atoms with Gasteiger partial charge in [-0.2, -0.15) is 0 Å². The van der Waals surface area contributed by atoms with E-state index in [1.165, 1.54) is 12.2 Å². The number of rotatable bonds is 17. The maximum atomic E-state index is 14.0. The second kappa shape index (κ2) is 23.5. The molecule has 1 saturated carbocycles. The number of methoxy groups -OCH3 is 3. The molecule has 6 aliphatic rings. The highest BCUT2D eigenvalue weighted by Gasteiger charge is 2.55. The van der Waals surface area contributed by atoms with E-state index in [1.807, 2.05) is 0 Å². The molecule has 0 amide bonds. The highest BCUT2D eigenvalue weighted by molar-refractivity contribution is 5.91. The van der Waals surface area contributed by atoms with E-state index in [-0.39, 0.29) is 23.1 Å². The summed E-state index contributed by atoms with van der Waals surface area (Å²) in [5.41, 5.74) is -0.219. The molecular formula is C45H60O25. The van der Waals surface area contributed by atoms with Crippen LogP contribution in [0.25, 0.3) is 0 Å². The molecule has 0 aromatic rings. The molecule has 8 N–H and O–H groups in total. The van der Waals surface area contributed by atoms with Crippen molar-refractivity contribution in [2.45, 2.75) is 113 Å². The van der Waals surface area contributed by atoms with Crippen LogP contribution in [0.5, 0.6) is 0 Å². The minimum Gasteiger partial charge on any atom is -0.471 e. The Labute approximate surface area is 400 Å². The Hall–Kier alpha value is -5.03. The Kier molecular flexibility index (Phi) is 18.2. The van der Waals surface area contributed by atoms with E-state index < -0.39 is 184 Å². The summed E-state index contributed by atoms with van der Waals surface area (Å²) < 4.78 is 66.5. The van der Waals surface area contributed by atoms with Gasteiger partial charge < -0.3 is 97.7 Å². The summed E-state index contributed by atoms with van der Waals surface area (Å²) in [4.78, 5) is 67.0. The van der Waals surface area contributed by atoms with E-state index >= 15 is 0 Å². The van der Waals surface area contributed by atoms with Gasteiger partial charge in [-0.05, 0) is 6.42 Å². The molecular weight excluding hydrogens is 940 g/mol. The molecule has 6 rings (SSSR count). The Morgan fingerprint density at radius 3 is 1.40 bits per heavy atom. The van der Waals surface area contributed by atoms with E-state index in [0.717, 1.165) is 40.1 Å². The van der Waals surface area contributed by atoms with Crippen LogP contribution >= 0.6 is 0 Å². The number of carbonyl (C=O) groups is 5. The van der Waals surface area contributed by atoms with E-state index in [0.29, 0.717) is 0 Å². The average Bonchev–Trinajstić information content (AvgIpc) is 3.68. The van der Waals surface area contributed by atoms with Crippen molar-refractivity contribution in [3.8, 4) is 0 Å². The molecule has 25 heteroatoms. The second-order valence-corrected chi connectivity index (χ2v) is 17.4. The molecule has 21 atom stereocenters. The van der Waals surface area contributed by atoms with Gasteiger partial charge in [-0.3, -0.25) is 9.59 Å². The zero-order valence-corrected chi connectivity index (χ0v) is 38.5. The Balaban J connectivity index is 1.18. The van der Waals surface area contributed by atoms with Crippen LogP contribution in [-0.2, 0) is 80.8 Å². The van der Waals surface area contributed by atoms with Crippen molar-refractivity contribution < 1.29 is 122 Å². The number of hydrogen-bond donors (Lipinski definition) is 8. The smallest absolute Gasteiger partial charge is 0.337 e. The third-order valence-electron chi connectivity index (χ3n) is 13.5. The summed E-state index contributed by atoms with van der Waals surface area (Å²) in [5, 5.41) is 81.6. The first-order valence-electron chi connectivity index (χ1n) is 22.3. The normalized spacial score (nSPS) is 40.2. The Morgan fingerprint density at radius 1 is 0.586 bits per heavy atom. The number of carbonyl (C=O) groups excluding carboxylic acids is 5. The van der Waals surface area contributed by atoms with Crippen LogP contribution in [-0.4, -0.2) is 192 Å². The third-order valence-corrected chi connectivity index (χ3v) is 13.5. The molecule has 390 valence electrons. The van der Waals surface area contributed by atoms with Crippen LogP contribution in [0.3, 0.4) is 0 Å². The molecule has 0 spiro atoms. The zero-order chi connectivity index (χ0) is 51.3. The predicted octanol–water partition coefficient (Wildman–Crippen LogP) is -2.80. The average molecular weight is 1000 g/mol. The molecule has 3 fully saturated rings. The van der Waals surface area contributed by atoms with Gasteiger partial charge in [0.25, 0.3) is 0 Å². The van der Waals surface area contributed by atoms with Crippen molar-refractivity contribution in [1.82, 2.24) is 0 Å². The van der Waals surface area contributed by atoms with Crippen LogP contribution in [0.4, 0.5) is 0 Å². The summed E-state index contributed by atoms with van der Waals surface area (Å²) in [5.74, 6) is -11.0. The van der Waals surface area contributed by atoms with Crippen molar-refractivity contribution in [3.63, 3.8) is 0 Å². The molecule has 0 aromatic carbocycles.